The SMILES string of the molecule is CC[C@H](C)[C@H](NC(=O)[C@H]1CCCN1C(=O)OC(C)(C)C)C(=O)N[C@H](CC(=O)c1nc(C(=O)N[C@@H](Cc2ccccc2)C[C@H](C)C(=O)OCc2ccccc2)cs1)C(C)C.Cl. The minimum atomic E-state index is -0.905. The maximum atomic E-state index is 13.8. The van der Waals surface area contributed by atoms with Gasteiger partial charge in [-0.05, 0) is 69.4 Å². The van der Waals surface area contributed by atoms with E-state index < -0.39 is 59.5 Å². The van der Waals surface area contributed by atoms with Crippen molar-refractivity contribution in [3.05, 3.63) is 87.9 Å². The van der Waals surface area contributed by atoms with Gasteiger partial charge in [0.2, 0.25) is 11.8 Å². The maximum Gasteiger partial charge on any atom is 0.410 e. The van der Waals surface area contributed by atoms with Crippen LogP contribution >= 0.6 is 23.7 Å². The summed E-state index contributed by atoms with van der Waals surface area (Å²) >= 11 is 1.05. The molecule has 3 N–H and O–H groups in total. The first kappa shape index (κ1) is 49.5. The molecule has 1 aliphatic heterocycles. The smallest absolute Gasteiger partial charge is 0.410 e. The summed E-state index contributed by atoms with van der Waals surface area (Å²) in [4.78, 5) is 86.2. The van der Waals surface area contributed by atoms with E-state index in [1.807, 2.05) is 88.4 Å². The minimum Gasteiger partial charge on any atom is -0.461 e. The van der Waals surface area contributed by atoms with E-state index in [0.29, 0.717) is 38.6 Å². The molecule has 1 fully saturated rings. The second kappa shape index (κ2) is 23.3. The molecule has 4 amide bonds. The van der Waals surface area contributed by atoms with Gasteiger partial charge in [-0.25, -0.2) is 9.78 Å². The van der Waals surface area contributed by atoms with E-state index in [1.54, 1.807) is 27.7 Å². The van der Waals surface area contributed by atoms with Crippen molar-refractivity contribution >= 4 is 59.3 Å². The number of hydrogen-bond donors (Lipinski definition) is 3. The molecule has 1 saturated heterocycles. The molecule has 3 aromatic rings. The number of likely N-dealkylation sites (tertiary alicyclic amines) is 1. The Kier molecular flexibility index (Phi) is 19.2. The highest BCUT2D eigenvalue weighted by Gasteiger charge is 2.39. The van der Waals surface area contributed by atoms with Crippen LogP contribution in [0.5, 0.6) is 0 Å². The first-order chi connectivity index (χ1) is 27.9. The summed E-state index contributed by atoms with van der Waals surface area (Å²) in [6.07, 6.45) is 1.82. The van der Waals surface area contributed by atoms with E-state index >= 15 is 0 Å². The first-order valence-corrected chi connectivity index (χ1v) is 21.5. The van der Waals surface area contributed by atoms with Crippen molar-refractivity contribution in [2.45, 2.75) is 130 Å². The van der Waals surface area contributed by atoms with Gasteiger partial charge in [0, 0.05) is 30.4 Å². The van der Waals surface area contributed by atoms with Crippen LogP contribution in [0.3, 0.4) is 0 Å². The number of aromatic nitrogens is 1. The van der Waals surface area contributed by atoms with E-state index in [0.717, 1.165) is 22.5 Å². The second-order valence-corrected chi connectivity index (χ2v) is 17.7. The molecule has 1 aliphatic rings. The number of benzene rings is 2. The number of Topliss-reactive ketones (excluding diaryl/α,β-unsaturated/α-hetero) is 1. The molecule has 2 aromatic carbocycles. The number of halogens is 1. The lowest BCUT2D eigenvalue weighted by Gasteiger charge is -2.31. The number of nitrogens with zero attached hydrogens (tertiary/aromatic N) is 2. The third-order valence-electron chi connectivity index (χ3n) is 10.4. The molecule has 0 unspecified atom stereocenters. The normalized spacial score (nSPS) is 16.4. The zero-order valence-corrected chi connectivity index (χ0v) is 37.7. The van der Waals surface area contributed by atoms with Gasteiger partial charge in [-0.2, -0.15) is 0 Å². The van der Waals surface area contributed by atoms with Crippen LogP contribution in [0.2, 0.25) is 0 Å². The van der Waals surface area contributed by atoms with Gasteiger partial charge in [0.25, 0.3) is 5.91 Å². The summed E-state index contributed by atoms with van der Waals surface area (Å²) in [6, 6.07) is 16.4. The molecule has 0 radical (unpaired) electrons. The lowest BCUT2D eigenvalue weighted by Crippen LogP contribution is -2.57. The zero-order valence-electron chi connectivity index (χ0n) is 36.0. The lowest BCUT2D eigenvalue weighted by molar-refractivity contribution is -0.149. The molecular formula is C45H62ClN5O8S. The van der Waals surface area contributed by atoms with Gasteiger partial charge < -0.3 is 25.4 Å². The van der Waals surface area contributed by atoms with Crippen LogP contribution < -0.4 is 16.0 Å². The van der Waals surface area contributed by atoms with Crippen LogP contribution in [-0.2, 0) is 36.9 Å². The Morgan fingerprint density at radius 3 is 2.13 bits per heavy atom. The number of rotatable bonds is 19. The van der Waals surface area contributed by atoms with Gasteiger partial charge in [-0.15, -0.1) is 23.7 Å². The quantitative estimate of drug-likeness (QED) is 0.0825. The van der Waals surface area contributed by atoms with Crippen LogP contribution in [0.4, 0.5) is 4.79 Å². The number of ketones is 1. The van der Waals surface area contributed by atoms with Crippen LogP contribution in [0.15, 0.2) is 66.0 Å². The summed E-state index contributed by atoms with van der Waals surface area (Å²) in [5.41, 5.74) is 1.22. The minimum absolute atomic E-state index is 0. The average Bonchev–Trinajstić information content (AvgIpc) is 3.90. The van der Waals surface area contributed by atoms with Gasteiger partial charge in [0.15, 0.2) is 10.8 Å². The molecule has 2 heterocycles. The highest BCUT2D eigenvalue weighted by molar-refractivity contribution is 7.12. The molecule has 0 bridgehead atoms. The third-order valence-corrected chi connectivity index (χ3v) is 11.3. The first-order valence-electron chi connectivity index (χ1n) is 20.6. The molecule has 0 aliphatic carbocycles. The monoisotopic (exact) mass is 867 g/mol. The van der Waals surface area contributed by atoms with Gasteiger partial charge in [-0.1, -0.05) is 102 Å². The summed E-state index contributed by atoms with van der Waals surface area (Å²) in [5.74, 6) is -2.95. The summed E-state index contributed by atoms with van der Waals surface area (Å²) in [7, 11) is 0. The van der Waals surface area contributed by atoms with Crippen molar-refractivity contribution in [2.24, 2.45) is 17.8 Å². The molecule has 60 heavy (non-hydrogen) atoms. The van der Waals surface area contributed by atoms with Crippen LogP contribution in [0.1, 0.15) is 119 Å². The fourth-order valence-corrected chi connectivity index (χ4v) is 7.54. The van der Waals surface area contributed by atoms with Crippen LogP contribution in [0, 0.1) is 17.8 Å². The van der Waals surface area contributed by atoms with Gasteiger partial charge >= 0.3 is 12.1 Å². The number of carbonyl (C=O) groups excluding carboxylic acids is 6. The average molecular weight is 869 g/mol. The standard InChI is InChI=1S/C45H61N5O8S.ClH/c1-9-29(4)38(49-40(53)36-21-16-22-50(36)44(56)58-45(6,7)8)41(54)47-34(28(2)3)25-37(51)42-48-35(27-59-42)39(52)46-33(24-31-17-12-10-13-18-31)23-30(5)43(55)57-26-32-19-14-11-15-20-32;/h10-15,17-20,27-30,33-34,36,38H,9,16,21-26H2,1-8H3,(H,46,52)(H,47,54)(H,49,53);1H/t29-,30-,33+,34+,36+,38-;/m0./s1. The molecular weight excluding hydrogens is 806 g/mol. The predicted molar refractivity (Wildman–Crippen MR) is 234 cm³/mol. The van der Waals surface area contributed by atoms with Crippen molar-refractivity contribution in [3.63, 3.8) is 0 Å². The molecule has 6 atom stereocenters. The van der Waals surface area contributed by atoms with E-state index in [-0.39, 0.29) is 59.7 Å². The maximum absolute atomic E-state index is 13.8. The fraction of sp³-hybridized carbons (Fsp3) is 0.533. The van der Waals surface area contributed by atoms with Crippen molar-refractivity contribution < 1.29 is 38.2 Å². The number of amides is 4. The number of nitrogens with one attached hydrogen (secondary N) is 3. The molecule has 15 heteroatoms. The molecule has 1 aromatic heterocycles. The number of esters is 1. The van der Waals surface area contributed by atoms with E-state index in [9.17, 15) is 28.8 Å². The molecule has 0 spiro atoms. The summed E-state index contributed by atoms with van der Waals surface area (Å²) < 4.78 is 11.1. The Balaban J connectivity index is 0.00000961. The highest BCUT2D eigenvalue weighted by atomic mass is 35.5. The van der Waals surface area contributed by atoms with E-state index in [4.69, 9.17) is 9.47 Å². The number of thiazole rings is 1. The van der Waals surface area contributed by atoms with Crippen LogP contribution in [0.25, 0.3) is 0 Å². The van der Waals surface area contributed by atoms with Crippen molar-refractivity contribution in [3.8, 4) is 0 Å². The topological polar surface area (TPSA) is 173 Å². The largest absolute Gasteiger partial charge is 0.461 e. The van der Waals surface area contributed by atoms with Gasteiger partial charge in [-0.3, -0.25) is 28.9 Å². The zero-order chi connectivity index (χ0) is 43.3. The van der Waals surface area contributed by atoms with Crippen LogP contribution in [-0.4, -0.2) is 81.8 Å². The Morgan fingerprint density at radius 1 is 0.900 bits per heavy atom. The Bertz CT molecular complexity index is 1890. The Hall–Kier alpha value is -4.82. The fourth-order valence-electron chi connectivity index (χ4n) is 6.79. The molecule has 13 nitrogen and oxygen atoms in total. The molecule has 4 rings (SSSR count). The highest BCUT2D eigenvalue weighted by Crippen LogP contribution is 2.23. The van der Waals surface area contributed by atoms with Crippen molar-refractivity contribution in [1.82, 2.24) is 25.8 Å². The van der Waals surface area contributed by atoms with Crippen molar-refractivity contribution in [1.29, 1.82) is 0 Å². The predicted octanol–water partition coefficient (Wildman–Crippen LogP) is 7.32. The Morgan fingerprint density at radius 2 is 1.53 bits per heavy atom. The van der Waals surface area contributed by atoms with Crippen molar-refractivity contribution in [2.75, 3.05) is 6.54 Å². The van der Waals surface area contributed by atoms with Gasteiger partial charge in [0.05, 0.1) is 5.92 Å². The second-order valence-electron chi connectivity index (χ2n) is 16.8. The number of ether oxygens (including phenoxy) is 2. The molecule has 328 valence electrons. The number of carbonyl (C=O) groups is 6. The summed E-state index contributed by atoms with van der Waals surface area (Å²) in [6.45, 7) is 15.2. The van der Waals surface area contributed by atoms with Gasteiger partial charge in [0.1, 0.15) is 30.0 Å². The van der Waals surface area contributed by atoms with E-state index in [1.165, 1.54) is 10.3 Å². The Labute approximate surface area is 364 Å². The summed E-state index contributed by atoms with van der Waals surface area (Å²) in [5, 5.41) is 10.6. The number of hydrogen-bond acceptors (Lipinski definition) is 10. The van der Waals surface area contributed by atoms with E-state index in [2.05, 4.69) is 20.9 Å². The third kappa shape index (κ3) is 15.0. The molecule has 0 saturated carbocycles. The lowest BCUT2D eigenvalue weighted by atomic mass is 9.94.